The highest BCUT2D eigenvalue weighted by Gasteiger charge is 2.21. The molecular weight excluding hydrogens is 233 g/mol. The normalized spacial score (nSPS) is 10.7. The Morgan fingerprint density at radius 1 is 1.44 bits per heavy atom. The van der Waals surface area contributed by atoms with Crippen molar-refractivity contribution in [1.29, 1.82) is 0 Å². The zero-order valence-corrected chi connectivity index (χ0v) is 9.39. The Kier molecular flexibility index (Phi) is 2.47. The van der Waals surface area contributed by atoms with Crippen LogP contribution in [0.3, 0.4) is 0 Å². The van der Waals surface area contributed by atoms with Crippen LogP contribution in [0.1, 0.15) is 20.9 Å². The van der Waals surface area contributed by atoms with Crippen molar-refractivity contribution in [3.8, 4) is 0 Å². The quantitative estimate of drug-likeness (QED) is 0.825. The number of carbonyl (C=O) groups is 1. The van der Waals surface area contributed by atoms with Gasteiger partial charge in [-0.2, -0.15) is 5.10 Å². The molecule has 0 atom stereocenters. The predicted molar refractivity (Wildman–Crippen MR) is 57.8 cm³/mol. The third-order valence-electron chi connectivity index (χ3n) is 2.39. The van der Waals surface area contributed by atoms with Gasteiger partial charge >= 0.3 is 5.97 Å². The van der Waals surface area contributed by atoms with E-state index in [1.165, 1.54) is 0 Å². The van der Waals surface area contributed by atoms with Crippen molar-refractivity contribution in [1.82, 2.24) is 10.2 Å². The molecule has 2 N–H and O–H groups in total. The van der Waals surface area contributed by atoms with Gasteiger partial charge in [0.25, 0.3) is 0 Å². The molecule has 0 unspecified atom stereocenters. The molecule has 0 amide bonds. The van der Waals surface area contributed by atoms with Crippen LogP contribution in [0.5, 0.6) is 0 Å². The van der Waals surface area contributed by atoms with Crippen LogP contribution in [0.2, 0.25) is 0 Å². The number of fused-ring (bicyclic) bond motifs is 1. The van der Waals surface area contributed by atoms with E-state index < -0.39 is 5.97 Å². The van der Waals surface area contributed by atoms with Crippen LogP contribution in [0.4, 0.5) is 10.2 Å². The van der Waals surface area contributed by atoms with Gasteiger partial charge in [0.2, 0.25) is 0 Å². The number of aromatic nitrogens is 2. The van der Waals surface area contributed by atoms with Gasteiger partial charge in [-0.05, 0) is 19.4 Å². The smallest absolute Gasteiger partial charge is 0.391 e. The summed E-state index contributed by atoms with van der Waals surface area (Å²) in [6.45, 7) is 3.60. The summed E-state index contributed by atoms with van der Waals surface area (Å²) in [6.07, 6.45) is 0. The van der Waals surface area contributed by atoms with E-state index in [2.05, 4.69) is 15.1 Å². The first-order valence-corrected chi connectivity index (χ1v) is 5.22. The monoisotopic (exact) mass is 241 g/mol. The number of thiophene rings is 1. The van der Waals surface area contributed by atoms with Crippen molar-refractivity contribution in [2.24, 2.45) is 0 Å². The van der Waals surface area contributed by atoms with Gasteiger partial charge in [0, 0.05) is 9.91 Å². The topological polar surface area (TPSA) is 78.1 Å². The molecule has 0 saturated heterocycles. The maximum atomic E-state index is 11.8. The van der Waals surface area contributed by atoms with Gasteiger partial charge in [-0.1, -0.05) is 0 Å². The number of halogens is 1. The fourth-order valence-electron chi connectivity index (χ4n) is 1.43. The van der Waals surface area contributed by atoms with E-state index in [1.807, 2.05) is 6.92 Å². The number of hydrogen-bond donors (Lipinski definition) is 1. The van der Waals surface area contributed by atoms with Crippen LogP contribution < -0.4 is 5.73 Å². The molecule has 2 heterocycles. The Bertz CT molecular complexity index is 582. The third-order valence-corrected chi connectivity index (χ3v) is 3.46. The second-order valence-electron chi connectivity index (χ2n) is 3.30. The maximum Gasteiger partial charge on any atom is 0.391 e. The van der Waals surface area contributed by atoms with Crippen molar-refractivity contribution < 1.29 is 14.3 Å². The molecule has 0 aromatic carbocycles. The highest BCUT2D eigenvalue weighted by atomic mass is 32.1. The van der Waals surface area contributed by atoms with E-state index in [0.29, 0.717) is 10.2 Å². The minimum Gasteiger partial charge on any atom is -0.397 e. The van der Waals surface area contributed by atoms with Crippen LogP contribution in [0.25, 0.3) is 10.2 Å². The summed E-state index contributed by atoms with van der Waals surface area (Å²) >= 11 is 0.966. The number of anilines is 1. The summed E-state index contributed by atoms with van der Waals surface area (Å²) < 4.78 is 11.8. The molecule has 0 aliphatic heterocycles. The summed E-state index contributed by atoms with van der Waals surface area (Å²) in [4.78, 5) is 14.8. The lowest BCUT2D eigenvalue weighted by Crippen LogP contribution is -2.00. The van der Waals surface area contributed by atoms with Crippen LogP contribution >= 0.6 is 11.3 Å². The number of nitrogens with zero attached hydrogens (tertiary/aromatic N) is 2. The number of nitrogen functional groups attached to an aromatic ring is 1. The summed E-state index contributed by atoms with van der Waals surface area (Å²) in [5, 5.41) is 8.44. The molecule has 2 rings (SSSR count). The molecular formula is C9H8FN3O2S. The Hall–Kier alpha value is -1.76. The van der Waals surface area contributed by atoms with Gasteiger partial charge in [-0.15, -0.1) is 16.4 Å². The molecule has 84 valence electrons. The van der Waals surface area contributed by atoms with Gasteiger partial charge in [-0.3, -0.25) is 0 Å². The molecule has 2 aromatic rings. The van der Waals surface area contributed by atoms with Gasteiger partial charge in [0.05, 0.1) is 11.4 Å². The number of nitrogens with two attached hydrogens (primary N) is 1. The summed E-state index contributed by atoms with van der Waals surface area (Å²) in [7, 11) is 0. The number of aryl methyl sites for hydroxylation is 2. The molecule has 5 nitrogen and oxygen atoms in total. The minimum absolute atomic E-state index is 0.0144. The molecule has 0 bridgehead atoms. The average molecular weight is 241 g/mol. The first-order chi connectivity index (χ1) is 7.56. The lowest BCUT2D eigenvalue weighted by Gasteiger charge is -1.99. The first-order valence-electron chi connectivity index (χ1n) is 4.41. The van der Waals surface area contributed by atoms with E-state index >= 15 is 0 Å². The van der Waals surface area contributed by atoms with Crippen LogP contribution in [0.15, 0.2) is 0 Å². The van der Waals surface area contributed by atoms with Gasteiger partial charge in [-0.25, -0.2) is 9.74 Å². The van der Waals surface area contributed by atoms with Crippen LogP contribution in [0, 0.1) is 13.8 Å². The molecule has 0 radical (unpaired) electrons. The average Bonchev–Trinajstić information content (AvgIpc) is 2.61. The van der Waals surface area contributed by atoms with E-state index in [4.69, 9.17) is 5.73 Å². The van der Waals surface area contributed by atoms with Crippen molar-refractivity contribution in [3.05, 3.63) is 16.1 Å². The molecule has 0 spiro atoms. The Labute approximate surface area is 93.9 Å². The molecule has 0 aliphatic rings. The van der Waals surface area contributed by atoms with Crippen molar-refractivity contribution >= 4 is 33.2 Å². The molecule has 0 aliphatic carbocycles. The van der Waals surface area contributed by atoms with E-state index in [-0.39, 0.29) is 10.6 Å². The van der Waals surface area contributed by atoms with Gasteiger partial charge < -0.3 is 5.73 Å². The standard InChI is InChI=1S/C9H8FN3O2S/c1-3-4(2)12-13-8-5(3)6(11)7(16-8)9(14)15-10/h11H2,1-2H3. The second kappa shape index (κ2) is 3.67. The maximum absolute atomic E-state index is 11.8. The fourth-order valence-corrected chi connectivity index (χ4v) is 2.39. The molecule has 7 heteroatoms. The molecule has 0 saturated carbocycles. The van der Waals surface area contributed by atoms with E-state index in [1.54, 1.807) is 6.92 Å². The fraction of sp³-hybridized carbons (Fsp3) is 0.222. The van der Waals surface area contributed by atoms with Crippen molar-refractivity contribution in [3.63, 3.8) is 0 Å². The van der Waals surface area contributed by atoms with E-state index in [9.17, 15) is 9.32 Å². The van der Waals surface area contributed by atoms with Crippen LogP contribution in [-0.4, -0.2) is 16.2 Å². The zero-order valence-electron chi connectivity index (χ0n) is 8.57. The van der Waals surface area contributed by atoms with Gasteiger partial charge in [0.1, 0.15) is 9.71 Å². The summed E-state index contributed by atoms with van der Waals surface area (Å²) in [5.41, 5.74) is 7.50. The molecule has 2 aromatic heterocycles. The van der Waals surface area contributed by atoms with E-state index in [0.717, 1.165) is 22.6 Å². The molecule has 0 fully saturated rings. The number of carbonyl (C=O) groups excluding carboxylic acids is 1. The number of hydrogen-bond acceptors (Lipinski definition) is 6. The predicted octanol–water partition coefficient (Wildman–Crippen LogP) is 1.93. The van der Waals surface area contributed by atoms with Crippen molar-refractivity contribution in [2.45, 2.75) is 13.8 Å². The minimum atomic E-state index is -1.10. The largest absolute Gasteiger partial charge is 0.397 e. The lowest BCUT2D eigenvalue weighted by atomic mass is 10.1. The summed E-state index contributed by atoms with van der Waals surface area (Å²) in [5.74, 6) is -1.10. The lowest BCUT2D eigenvalue weighted by molar-refractivity contribution is -0.0782. The number of rotatable bonds is 1. The third kappa shape index (κ3) is 1.40. The second-order valence-corrected chi connectivity index (χ2v) is 4.30. The zero-order chi connectivity index (χ0) is 11.9. The highest BCUT2D eigenvalue weighted by Crippen LogP contribution is 2.35. The van der Waals surface area contributed by atoms with Crippen molar-refractivity contribution in [2.75, 3.05) is 5.73 Å². The summed E-state index contributed by atoms with van der Waals surface area (Å²) in [6, 6.07) is 0. The SMILES string of the molecule is Cc1nnc2sc(C(=O)OF)c(N)c2c1C. The van der Waals surface area contributed by atoms with Crippen LogP contribution in [-0.2, 0) is 4.94 Å². The highest BCUT2D eigenvalue weighted by molar-refractivity contribution is 7.21. The first kappa shape index (κ1) is 10.7. The Morgan fingerprint density at radius 2 is 2.12 bits per heavy atom. The van der Waals surface area contributed by atoms with Gasteiger partial charge in [0.15, 0.2) is 0 Å². The Balaban J connectivity index is 2.79. The Morgan fingerprint density at radius 3 is 2.75 bits per heavy atom. The molecule has 16 heavy (non-hydrogen) atoms.